The van der Waals surface area contributed by atoms with Crippen LogP contribution in [0.1, 0.15) is 33.1 Å². The monoisotopic (exact) mass is 311 g/mol. The molecule has 0 bridgehead atoms. The predicted octanol–water partition coefficient (Wildman–Crippen LogP) is 3.61. The highest BCUT2D eigenvalue weighted by atomic mass is 35.5. The maximum absolute atomic E-state index is 11.3. The Bertz CT molecular complexity index is 502. The topological polar surface area (TPSA) is 58.4 Å². The van der Waals surface area contributed by atoms with E-state index in [1.807, 2.05) is 18.7 Å². The lowest BCUT2D eigenvalue weighted by molar-refractivity contribution is -0.384. The number of nitro groups is 1. The van der Waals surface area contributed by atoms with Gasteiger partial charge in [0.25, 0.3) is 5.69 Å². The Morgan fingerprint density at radius 2 is 2.24 bits per heavy atom. The number of hydrogen-bond donors (Lipinski definition) is 1. The van der Waals surface area contributed by atoms with Crippen molar-refractivity contribution in [2.45, 2.75) is 45.2 Å². The van der Waals surface area contributed by atoms with E-state index >= 15 is 0 Å². The maximum Gasteiger partial charge on any atom is 0.294 e. The molecule has 1 fully saturated rings. The summed E-state index contributed by atoms with van der Waals surface area (Å²) in [5, 5.41) is 15.2. The number of rotatable bonds is 5. The Morgan fingerprint density at radius 1 is 1.48 bits per heavy atom. The van der Waals surface area contributed by atoms with Gasteiger partial charge < -0.3 is 10.2 Å². The average molecular weight is 312 g/mol. The molecule has 5 nitrogen and oxygen atoms in total. The van der Waals surface area contributed by atoms with E-state index in [1.54, 1.807) is 12.1 Å². The molecule has 0 aromatic heterocycles. The minimum absolute atomic E-state index is 0.0759. The molecule has 0 aliphatic carbocycles. The van der Waals surface area contributed by atoms with E-state index in [0.29, 0.717) is 16.8 Å². The van der Waals surface area contributed by atoms with Crippen LogP contribution in [0.25, 0.3) is 0 Å². The van der Waals surface area contributed by atoms with Crippen molar-refractivity contribution < 1.29 is 4.92 Å². The molecule has 1 saturated heterocycles. The molecule has 116 valence electrons. The molecule has 1 aromatic rings. The number of piperidine rings is 1. The molecule has 21 heavy (non-hydrogen) atoms. The van der Waals surface area contributed by atoms with Crippen molar-refractivity contribution in [1.29, 1.82) is 0 Å². The van der Waals surface area contributed by atoms with E-state index < -0.39 is 0 Å². The van der Waals surface area contributed by atoms with Crippen LogP contribution in [0.15, 0.2) is 18.2 Å². The summed E-state index contributed by atoms with van der Waals surface area (Å²) in [5.41, 5.74) is 0.610. The number of anilines is 1. The fourth-order valence-corrected chi connectivity index (χ4v) is 3.09. The number of hydrogen-bond acceptors (Lipinski definition) is 4. The lowest BCUT2D eigenvalue weighted by atomic mass is 10.0. The zero-order valence-corrected chi connectivity index (χ0v) is 13.3. The first-order valence-corrected chi connectivity index (χ1v) is 7.81. The lowest BCUT2D eigenvalue weighted by Crippen LogP contribution is -2.46. The second-order valence-electron chi connectivity index (χ2n) is 5.76. The van der Waals surface area contributed by atoms with Crippen LogP contribution < -0.4 is 10.2 Å². The van der Waals surface area contributed by atoms with Gasteiger partial charge in [-0.25, -0.2) is 0 Å². The molecule has 0 radical (unpaired) electrons. The van der Waals surface area contributed by atoms with Crippen molar-refractivity contribution in [3.8, 4) is 0 Å². The third-order valence-corrected chi connectivity index (χ3v) is 4.21. The summed E-state index contributed by atoms with van der Waals surface area (Å²) in [6.45, 7) is 5.83. The number of benzene rings is 1. The Hall–Kier alpha value is -1.33. The van der Waals surface area contributed by atoms with Gasteiger partial charge in [-0.2, -0.15) is 0 Å². The summed E-state index contributed by atoms with van der Waals surface area (Å²) in [7, 11) is 0. The molecule has 1 heterocycles. The maximum atomic E-state index is 11.3. The van der Waals surface area contributed by atoms with E-state index in [-0.39, 0.29) is 16.7 Å². The highest BCUT2D eigenvalue weighted by Gasteiger charge is 2.27. The Balaban J connectivity index is 2.31. The molecule has 0 amide bonds. The average Bonchev–Trinajstić information content (AvgIpc) is 2.45. The van der Waals surface area contributed by atoms with Gasteiger partial charge in [-0.1, -0.05) is 24.1 Å². The van der Waals surface area contributed by atoms with Crippen LogP contribution >= 0.6 is 11.6 Å². The van der Waals surface area contributed by atoms with Crippen LogP contribution in [-0.4, -0.2) is 30.1 Å². The van der Waals surface area contributed by atoms with Gasteiger partial charge in [-0.05, 0) is 39.3 Å². The molecule has 2 rings (SSSR count). The van der Waals surface area contributed by atoms with Gasteiger partial charge in [0.2, 0.25) is 0 Å². The highest BCUT2D eigenvalue weighted by molar-refractivity contribution is 6.33. The second kappa shape index (κ2) is 7.09. The molecule has 0 saturated carbocycles. The van der Waals surface area contributed by atoms with E-state index in [4.69, 9.17) is 11.6 Å². The van der Waals surface area contributed by atoms with Gasteiger partial charge in [0, 0.05) is 24.7 Å². The number of para-hydroxylation sites is 1. The normalized spacial score (nSPS) is 18.8. The Kier molecular flexibility index (Phi) is 5.42. The van der Waals surface area contributed by atoms with Crippen molar-refractivity contribution in [1.82, 2.24) is 5.32 Å². The van der Waals surface area contributed by atoms with E-state index in [0.717, 1.165) is 19.5 Å². The van der Waals surface area contributed by atoms with Gasteiger partial charge >= 0.3 is 0 Å². The molecule has 1 aromatic carbocycles. The highest BCUT2D eigenvalue weighted by Crippen LogP contribution is 2.36. The van der Waals surface area contributed by atoms with E-state index in [2.05, 4.69) is 5.32 Å². The molecular weight excluding hydrogens is 290 g/mol. The van der Waals surface area contributed by atoms with Gasteiger partial charge in [-0.15, -0.1) is 0 Å². The van der Waals surface area contributed by atoms with E-state index in [1.165, 1.54) is 18.9 Å². The first kappa shape index (κ1) is 16.0. The van der Waals surface area contributed by atoms with E-state index in [9.17, 15) is 10.1 Å². The Labute approximate surface area is 130 Å². The number of nitrogens with one attached hydrogen (secondary N) is 1. The van der Waals surface area contributed by atoms with Gasteiger partial charge in [0.1, 0.15) is 5.69 Å². The van der Waals surface area contributed by atoms with Gasteiger partial charge in [0.05, 0.1) is 9.95 Å². The van der Waals surface area contributed by atoms with Crippen LogP contribution in [0.4, 0.5) is 11.4 Å². The third kappa shape index (κ3) is 3.86. The minimum atomic E-state index is -0.356. The summed E-state index contributed by atoms with van der Waals surface area (Å²) >= 11 is 6.26. The molecule has 1 aliphatic rings. The summed E-state index contributed by atoms with van der Waals surface area (Å²) in [5.74, 6) is 0. The summed E-state index contributed by atoms with van der Waals surface area (Å²) in [4.78, 5) is 13.0. The second-order valence-corrected chi connectivity index (χ2v) is 6.16. The first-order chi connectivity index (χ1) is 10.0. The largest absolute Gasteiger partial charge is 0.361 e. The zero-order valence-electron chi connectivity index (χ0n) is 12.5. The zero-order chi connectivity index (χ0) is 15.4. The Morgan fingerprint density at radius 3 is 2.81 bits per heavy atom. The summed E-state index contributed by atoms with van der Waals surface area (Å²) in [6.07, 6.45) is 3.50. The van der Waals surface area contributed by atoms with Crippen LogP contribution in [0.2, 0.25) is 5.02 Å². The van der Waals surface area contributed by atoms with Crippen LogP contribution in [-0.2, 0) is 0 Å². The van der Waals surface area contributed by atoms with Gasteiger partial charge in [-0.3, -0.25) is 10.1 Å². The van der Waals surface area contributed by atoms with Crippen molar-refractivity contribution in [3.63, 3.8) is 0 Å². The van der Waals surface area contributed by atoms with Crippen molar-refractivity contribution in [2.24, 2.45) is 0 Å². The fourth-order valence-electron chi connectivity index (χ4n) is 2.81. The first-order valence-electron chi connectivity index (χ1n) is 7.43. The fraction of sp³-hybridized carbons (Fsp3) is 0.600. The molecule has 1 N–H and O–H groups in total. The molecule has 1 unspecified atom stereocenters. The third-order valence-electron chi connectivity index (χ3n) is 3.90. The van der Waals surface area contributed by atoms with Crippen molar-refractivity contribution in [2.75, 3.05) is 18.0 Å². The quantitative estimate of drug-likeness (QED) is 0.666. The molecule has 0 spiro atoms. The minimum Gasteiger partial charge on any atom is -0.361 e. The number of halogens is 1. The van der Waals surface area contributed by atoms with Crippen LogP contribution in [0.5, 0.6) is 0 Å². The molecule has 6 heteroatoms. The summed E-state index contributed by atoms with van der Waals surface area (Å²) in [6, 6.07) is 5.36. The molecular formula is C15H22ClN3O2. The van der Waals surface area contributed by atoms with Crippen LogP contribution in [0, 0.1) is 10.1 Å². The predicted molar refractivity (Wildman–Crippen MR) is 86.2 cm³/mol. The summed E-state index contributed by atoms with van der Waals surface area (Å²) < 4.78 is 0. The number of nitro benzene ring substituents is 1. The van der Waals surface area contributed by atoms with Gasteiger partial charge in [0.15, 0.2) is 0 Å². The SMILES string of the molecule is CC(C)N(CC1CCCCN1)c1c(Cl)cccc1[N+](=O)[O-]. The lowest BCUT2D eigenvalue weighted by Gasteiger charge is -2.34. The van der Waals surface area contributed by atoms with Crippen molar-refractivity contribution in [3.05, 3.63) is 33.3 Å². The molecule has 1 atom stereocenters. The smallest absolute Gasteiger partial charge is 0.294 e. The molecule has 1 aliphatic heterocycles. The van der Waals surface area contributed by atoms with Crippen LogP contribution in [0.3, 0.4) is 0 Å². The number of nitrogens with zero attached hydrogens (tertiary/aromatic N) is 2. The van der Waals surface area contributed by atoms with Crippen molar-refractivity contribution >= 4 is 23.0 Å². The standard InChI is InChI=1S/C15H22ClN3O2/c1-11(2)18(10-12-6-3-4-9-17-12)15-13(16)7-5-8-14(15)19(20)21/h5,7-8,11-12,17H,3-4,6,9-10H2,1-2H3.